The van der Waals surface area contributed by atoms with Gasteiger partial charge in [0, 0.05) is 30.7 Å². The minimum atomic E-state index is -0.244. The molecule has 5 heteroatoms. The highest BCUT2D eigenvalue weighted by atomic mass is 32.2. The van der Waals surface area contributed by atoms with E-state index in [1.54, 1.807) is 19.2 Å². The molecular weight excluding hydrogens is 241 g/mol. The van der Waals surface area contributed by atoms with Gasteiger partial charge in [-0.25, -0.2) is 4.39 Å². The summed E-state index contributed by atoms with van der Waals surface area (Å²) < 4.78 is 17.4. The van der Waals surface area contributed by atoms with Crippen molar-refractivity contribution in [2.24, 2.45) is 0 Å². The summed E-state index contributed by atoms with van der Waals surface area (Å²) in [4.78, 5) is 12.3. The Bertz CT molecular complexity index is 343. The third kappa shape index (κ3) is 6.28. The second kappa shape index (κ2) is 8.08. The summed E-state index contributed by atoms with van der Waals surface area (Å²) in [6, 6.07) is 6.26. The lowest BCUT2D eigenvalue weighted by atomic mass is 10.4. The normalized spacial score (nSPS) is 10.2. The van der Waals surface area contributed by atoms with Gasteiger partial charge < -0.3 is 10.1 Å². The molecule has 17 heavy (non-hydrogen) atoms. The molecule has 0 aliphatic heterocycles. The van der Waals surface area contributed by atoms with Crippen molar-refractivity contribution >= 4 is 17.7 Å². The number of thioether (sulfide) groups is 1. The summed E-state index contributed by atoms with van der Waals surface area (Å²) in [7, 11) is 1.59. The Kier molecular flexibility index (Phi) is 6.65. The second-order valence-corrected chi connectivity index (χ2v) is 4.56. The number of carbonyl (C=O) groups excluding carboxylic acids is 1. The van der Waals surface area contributed by atoms with Gasteiger partial charge in [0.1, 0.15) is 5.82 Å². The van der Waals surface area contributed by atoms with E-state index in [4.69, 9.17) is 4.74 Å². The van der Waals surface area contributed by atoms with Gasteiger partial charge in [0.15, 0.2) is 0 Å². The lowest BCUT2D eigenvalue weighted by Crippen LogP contribution is -2.27. The molecule has 1 amide bonds. The van der Waals surface area contributed by atoms with E-state index >= 15 is 0 Å². The zero-order valence-corrected chi connectivity index (χ0v) is 10.6. The van der Waals surface area contributed by atoms with Gasteiger partial charge >= 0.3 is 0 Å². The van der Waals surface area contributed by atoms with Crippen LogP contribution in [0.3, 0.4) is 0 Å². The van der Waals surface area contributed by atoms with Gasteiger partial charge in [-0.15, -0.1) is 11.8 Å². The highest BCUT2D eigenvalue weighted by molar-refractivity contribution is 7.99. The van der Waals surface area contributed by atoms with Gasteiger partial charge in [-0.1, -0.05) is 0 Å². The van der Waals surface area contributed by atoms with Crippen molar-refractivity contribution in [3.05, 3.63) is 30.1 Å². The van der Waals surface area contributed by atoms with Gasteiger partial charge in [-0.2, -0.15) is 0 Å². The Balaban J connectivity index is 2.14. The van der Waals surface area contributed by atoms with Gasteiger partial charge in [0.2, 0.25) is 5.91 Å². The number of hydrogen-bond donors (Lipinski definition) is 1. The first kappa shape index (κ1) is 14.0. The predicted octanol–water partition coefficient (Wildman–Crippen LogP) is 2.07. The number of amides is 1. The van der Waals surface area contributed by atoms with Crippen LogP contribution in [0.4, 0.5) is 4.39 Å². The molecule has 1 aromatic carbocycles. The molecule has 1 rings (SSSR count). The topological polar surface area (TPSA) is 38.3 Å². The predicted molar refractivity (Wildman–Crippen MR) is 66.6 cm³/mol. The molecule has 0 fully saturated rings. The van der Waals surface area contributed by atoms with E-state index in [1.807, 2.05) is 0 Å². The summed E-state index contributed by atoms with van der Waals surface area (Å²) in [5.41, 5.74) is 0. The van der Waals surface area contributed by atoms with Gasteiger partial charge in [-0.05, 0) is 24.3 Å². The quantitative estimate of drug-likeness (QED) is 0.600. The molecule has 0 aromatic heterocycles. The highest BCUT2D eigenvalue weighted by Gasteiger charge is 2.01. The fraction of sp³-hybridized carbons (Fsp3) is 0.417. The van der Waals surface area contributed by atoms with Crippen molar-refractivity contribution < 1.29 is 13.9 Å². The van der Waals surface area contributed by atoms with Gasteiger partial charge in [-0.3, -0.25) is 4.79 Å². The van der Waals surface area contributed by atoms with Crippen LogP contribution in [-0.4, -0.2) is 31.9 Å². The van der Waals surface area contributed by atoms with E-state index in [9.17, 15) is 9.18 Å². The number of benzene rings is 1. The SMILES string of the molecule is COCCNC(=O)CCSc1ccc(F)cc1. The maximum atomic E-state index is 12.6. The molecule has 3 nitrogen and oxygen atoms in total. The summed E-state index contributed by atoms with van der Waals surface area (Å²) >= 11 is 1.54. The number of nitrogens with one attached hydrogen (secondary N) is 1. The zero-order valence-electron chi connectivity index (χ0n) is 9.74. The summed E-state index contributed by atoms with van der Waals surface area (Å²) in [5.74, 6) is 0.452. The Hall–Kier alpha value is -1.07. The van der Waals surface area contributed by atoms with Crippen LogP contribution in [0.15, 0.2) is 29.2 Å². The van der Waals surface area contributed by atoms with Crippen LogP contribution < -0.4 is 5.32 Å². The first-order valence-electron chi connectivity index (χ1n) is 5.36. The summed E-state index contributed by atoms with van der Waals surface area (Å²) in [5, 5.41) is 2.74. The Labute approximate surface area is 105 Å². The minimum absolute atomic E-state index is 0.0108. The molecule has 0 heterocycles. The molecule has 0 bridgehead atoms. The lowest BCUT2D eigenvalue weighted by Gasteiger charge is -2.04. The van der Waals surface area contributed by atoms with Crippen LogP contribution in [0.1, 0.15) is 6.42 Å². The zero-order chi connectivity index (χ0) is 12.5. The molecular formula is C12H16FNO2S. The molecule has 0 spiro atoms. The van der Waals surface area contributed by atoms with Crippen molar-refractivity contribution in [3.8, 4) is 0 Å². The first-order chi connectivity index (χ1) is 8.22. The van der Waals surface area contributed by atoms with Crippen LogP contribution in [0.2, 0.25) is 0 Å². The van der Waals surface area contributed by atoms with E-state index in [2.05, 4.69) is 5.32 Å². The third-order valence-corrected chi connectivity index (χ3v) is 3.05. The van der Waals surface area contributed by atoms with Crippen molar-refractivity contribution in [1.29, 1.82) is 0 Å². The molecule has 0 aliphatic carbocycles. The molecule has 0 aliphatic rings. The van der Waals surface area contributed by atoms with E-state index in [1.165, 1.54) is 23.9 Å². The fourth-order valence-corrected chi connectivity index (χ4v) is 2.02. The van der Waals surface area contributed by atoms with E-state index in [0.717, 1.165) is 4.90 Å². The third-order valence-electron chi connectivity index (χ3n) is 2.04. The smallest absolute Gasteiger partial charge is 0.220 e. The Morgan fingerprint density at radius 1 is 1.41 bits per heavy atom. The van der Waals surface area contributed by atoms with Crippen LogP contribution >= 0.6 is 11.8 Å². The van der Waals surface area contributed by atoms with Crippen LogP contribution in [0.5, 0.6) is 0 Å². The Morgan fingerprint density at radius 3 is 2.76 bits per heavy atom. The Morgan fingerprint density at radius 2 is 2.12 bits per heavy atom. The van der Waals surface area contributed by atoms with E-state index in [0.29, 0.717) is 25.3 Å². The lowest BCUT2D eigenvalue weighted by molar-refractivity contribution is -0.120. The summed E-state index contributed by atoms with van der Waals surface area (Å²) in [6.07, 6.45) is 0.450. The van der Waals surface area contributed by atoms with Crippen molar-refractivity contribution in [1.82, 2.24) is 5.32 Å². The van der Waals surface area contributed by atoms with Crippen molar-refractivity contribution in [2.75, 3.05) is 26.0 Å². The largest absolute Gasteiger partial charge is 0.383 e. The summed E-state index contributed by atoms with van der Waals surface area (Å²) in [6.45, 7) is 1.06. The first-order valence-corrected chi connectivity index (χ1v) is 6.35. The standard InChI is InChI=1S/C12H16FNO2S/c1-16-8-7-14-12(15)6-9-17-11-4-2-10(13)3-5-11/h2-5H,6-9H2,1H3,(H,14,15). The minimum Gasteiger partial charge on any atom is -0.383 e. The molecule has 1 N–H and O–H groups in total. The fourth-order valence-electron chi connectivity index (χ4n) is 1.17. The number of rotatable bonds is 7. The maximum absolute atomic E-state index is 12.6. The number of methoxy groups -OCH3 is 1. The van der Waals surface area contributed by atoms with Crippen LogP contribution in [-0.2, 0) is 9.53 Å². The molecule has 0 saturated heterocycles. The van der Waals surface area contributed by atoms with Gasteiger partial charge in [0.25, 0.3) is 0 Å². The second-order valence-electron chi connectivity index (χ2n) is 3.40. The van der Waals surface area contributed by atoms with Crippen molar-refractivity contribution in [2.45, 2.75) is 11.3 Å². The van der Waals surface area contributed by atoms with Gasteiger partial charge in [0.05, 0.1) is 6.61 Å². The molecule has 0 radical (unpaired) electrons. The molecule has 1 aromatic rings. The van der Waals surface area contributed by atoms with Crippen molar-refractivity contribution in [3.63, 3.8) is 0 Å². The number of hydrogen-bond acceptors (Lipinski definition) is 3. The monoisotopic (exact) mass is 257 g/mol. The van der Waals surface area contributed by atoms with Crippen LogP contribution in [0, 0.1) is 5.82 Å². The average molecular weight is 257 g/mol. The maximum Gasteiger partial charge on any atom is 0.220 e. The highest BCUT2D eigenvalue weighted by Crippen LogP contribution is 2.18. The molecule has 0 saturated carbocycles. The number of ether oxygens (including phenoxy) is 1. The molecule has 0 atom stereocenters. The average Bonchev–Trinajstić information content (AvgIpc) is 2.32. The van der Waals surface area contributed by atoms with Crippen LogP contribution in [0.25, 0.3) is 0 Å². The van der Waals surface area contributed by atoms with E-state index in [-0.39, 0.29) is 11.7 Å². The number of halogens is 1. The molecule has 94 valence electrons. The van der Waals surface area contributed by atoms with E-state index < -0.39 is 0 Å². The number of carbonyl (C=O) groups is 1. The molecule has 0 unspecified atom stereocenters.